The highest BCUT2D eigenvalue weighted by Gasteiger charge is 2.54. The molecule has 1 unspecified atom stereocenters. The molecule has 3 nitrogen and oxygen atoms in total. The van der Waals surface area contributed by atoms with Gasteiger partial charge in [-0.2, -0.15) is 0 Å². The Morgan fingerprint density at radius 2 is 1.89 bits per heavy atom. The summed E-state index contributed by atoms with van der Waals surface area (Å²) in [4.78, 5) is 6.05. The van der Waals surface area contributed by atoms with Crippen LogP contribution in [0, 0.1) is 0 Å². The molecule has 1 aliphatic carbocycles. The molecular weight excluding hydrogens is 403 g/mol. The van der Waals surface area contributed by atoms with Crippen molar-refractivity contribution in [2.75, 3.05) is 13.1 Å². The summed E-state index contributed by atoms with van der Waals surface area (Å²) in [5, 5.41) is 13.8. The van der Waals surface area contributed by atoms with Crippen molar-refractivity contribution < 1.29 is 5.11 Å². The molecule has 27 heavy (non-hydrogen) atoms. The molecule has 0 bridgehead atoms. The Kier molecular flexibility index (Phi) is 4.23. The van der Waals surface area contributed by atoms with Gasteiger partial charge in [-0.3, -0.25) is 4.90 Å². The molecule has 1 spiro atoms. The number of aliphatic hydroxyl groups excluding tert-OH is 1. The summed E-state index contributed by atoms with van der Waals surface area (Å²) < 4.78 is 0. The number of fused-ring (bicyclic) bond motifs is 4. The number of nitrogens with one attached hydrogen (secondary N) is 1. The number of hydrogen-bond acceptors (Lipinski definition) is 2. The first-order chi connectivity index (χ1) is 13.0. The van der Waals surface area contributed by atoms with Gasteiger partial charge in [0.1, 0.15) is 0 Å². The van der Waals surface area contributed by atoms with Gasteiger partial charge in [0, 0.05) is 34.7 Å². The van der Waals surface area contributed by atoms with Gasteiger partial charge in [0.25, 0.3) is 0 Å². The van der Waals surface area contributed by atoms with Gasteiger partial charge in [0.2, 0.25) is 0 Å². The van der Waals surface area contributed by atoms with Crippen LogP contribution in [0.25, 0.3) is 10.9 Å². The normalized spacial score (nSPS) is 19.4. The molecule has 1 fully saturated rings. The van der Waals surface area contributed by atoms with Crippen molar-refractivity contribution in [2.45, 2.75) is 30.9 Å². The lowest BCUT2D eigenvalue weighted by Crippen LogP contribution is -2.43. The Labute approximate surface area is 172 Å². The molecule has 1 saturated carbocycles. The number of β-amino-alcohol motifs (C(OH)–C–C–N with tert-alkyl or cyclic N) is 1. The van der Waals surface area contributed by atoms with Crippen molar-refractivity contribution in [3.63, 3.8) is 0 Å². The van der Waals surface area contributed by atoms with Crippen LogP contribution in [0.5, 0.6) is 0 Å². The van der Waals surface area contributed by atoms with E-state index >= 15 is 0 Å². The van der Waals surface area contributed by atoms with Crippen LogP contribution in [0.1, 0.15) is 35.8 Å². The quantitative estimate of drug-likeness (QED) is 0.568. The zero-order valence-corrected chi connectivity index (χ0v) is 16.9. The maximum absolute atomic E-state index is 10.8. The van der Waals surface area contributed by atoms with Crippen molar-refractivity contribution in [1.29, 1.82) is 0 Å². The minimum absolute atomic E-state index is 0.0102. The lowest BCUT2D eigenvalue weighted by Gasteiger charge is -2.37. The van der Waals surface area contributed by atoms with E-state index in [1.807, 2.05) is 12.1 Å². The van der Waals surface area contributed by atoms with E-state index in [0.717, 1.165) is 41.9 Å². The van der Waals surface area contributed by atoms with Gasteiger partial charge in [0.15, 0.2) is 0 Å². The number of H-pyrrole nitrogens is 1. The van der Waals surface area contributed by atoms with E-state index in [-0.39, 0.29) is 5.54 Å². The van der Waals surface area contributed by atoms with Gasteiger partial charge in [0.05, 0.1) is 21.7 Å². The molecule has 2 N–H and O–H groups in total. The predicted octanol–water partition coefficient (Wildman–Crippen LogP) is 5.71. The van der Waals surface area contributed by atoms with Gasteiger partial charge < -0.3 is 10.1 Å². The van der Waals surface area contributed by atoms with Gasteiger partial charge >= 0.3 is 0 Å². The standard InChI is InChI=1S/C21H19Cl3N2O/c22-13-2-4-18-15(10-13)14-5-8-26(21(6-7-21)20(14)25-18)11-19(27)12-1-3-16(23)17(24)9-12/h1-4,9-10,19,25,27H,5-8,11H2. The summed E-state index contributed by atoms with van der Waals surface area (Å²) >= 11 is 18.3. The van der Waals surface area contributed by atoms with Crippen molar-refractivity contribution in [3.8, 4) is 0 Å². The molecule has 2 aliphatic rings. The van der Waals surface area contributed by atoms with E-state index in [4.69, 9.17) is 34.8 Å². The molecule has 1 atom stereocenters. The number of hydrogen-bond donors (Lipinski definition) is 2. The van der Waals surface area contributed by atoms with E-state index in [1.165, 1.54) is 16.6 Å². The van der Waals surface area contributed by atoms with E-state index in [2.05, 4.69) is 22.0 Å². The zero-order chi connectivity index (χ0) is 18.8. The Bertz CT molecular complexity index is 1040. The number of aromatic nitrogens is 1. The Morgan fingerprint density at radius 3 is 2.63 bits per heavy atom. The lowest BCUT2D eigenvalue weighted by molar-refractivity contribution is 0.0696. The van der Waals surface area contributed by atoms with E-state index in [9.17, 15) is 5.11 Å². The molecule has 0 saturated heterocycles. The summed E-state index contributed by atoms with van der Waals surface area (Å²) in [6.45, 7) is 1.50. The van der Waals surface area contributed by atoms with Crippen molar-refractivity contribution in [3.05, 3.63) is 68.3 Å². The van der Waals surface area contributed by atoms with E-state index < -0.39 is 6.10 Å². The Hall–Kier alpha value is -1.23. The summed E-state index contributed by atoms with van der Waals surface area (Å²) in [7, 11) is 0. The molecule has 6 heteroatoms. The van der Waals surface area contributed by atoms with Crippen molar-refractivity contribution in [1.82, 2.24) is 9.88 Å². The number of aromatic amines is 1. The highest BCUT2D eigenvalue weighted by Crippen LogP contribution is 2.55. The molecule has 0 amide bonds. The first kappa shape index (κ1) is 17.8. The van der Waals surface area contributed by atoms with E-state index in [0.29, 0.717) is 16.6 Å². The Morgan fingerprint density at radius 1 is 1.07 bits per heavy atom. The average molecular weight is 422 g/mol. The first-order valence-corrected chi connectivity index (χ1v) is 10.3. The molecule has 1 aliphatic heterocycles. The van der Waals surface area contributed by atoms with Crippen LogP contribution in [0.15, 0.2) is 36.4 Å². The largest absolute Gasteiger partial charge is 0.387 e. The average Bonchev–Trinajstić information content (AvgIpc) is 3.35. The minimum atomic E-state index is -0.599. The highest BCUT2D eigenvalue weighted by molar-refractivity contribution is 6.42. The SMILES string of the molecule is OC(CN1CCc2c([nH]c3ccc(Cl)cc23)C12CC2)c1ccc(Cl)c(Cl)c1. The third-order valence-electron chi connectivity index (χ3n) is 6.02. The summed E-state index contributed by atoms with van der Waals surface area (Å²) in [5.41, 5.74) is 4.63. The summed E-state index contributed by atoms with van der Waals surface area (Å²) in [6.07, 6.45) is 2.56. The van der Waals surface area contributed by atoms with Crippen LogP contribution in [0.4, 0.5) is 0 Å². The molecule has 2 heterocycles. The van der Waals surface area contributed by atoms with Crippen LogP contribution in [-0.2, 0) is 12.0 Å². The van der Waals surface area contributed by atoms with Crippen molar-refractivity contribution >= 4 is 45.7 Å². The van der Waals surface area contributed by atoms with Gasteiger partial charge in [-0.1, -0.05) is 40.9 Å². The monoisotopic (exact) mass is 420 g/mol. The smallest absolute Gasteiger partial charge is 0.0917 e. The van der Waals surface area contributed by atoms with Crippen LogP contribution < -0.4 is 0 Å². The second kappa shape index (κ2) is 6.40. The van der Waals surface area contributed by atoms with Crippen molar-refractivity contribution in [2.24, 2.45) is 0 Å². The molecule has 140 valence electrons. The fourth-order valence-electron chi connectivity index (χ4n) is 4.48. The summed E-state index contributed by atoms with van der Waals surface area (Å²) in [6, 6.07) is 11.4. The van der Waals surface area contributed by atoms with Gasteiger partial charge in [-0.05, 0) is 60.7 Å². The summed E-state index contributed by atoms with van der Waals surface area (Å²) in [5.74, 6) is 0. The lowest BCUT2D eigenvalue weighted by atomic mass is 9.94. The molecule has 1 aromatic heterocycles. The molecular formula is C21H19Cl3N2O. The topological polar surface area (TPSA) is 39.3 Å². The van der Waals surface area contributed by atoms with Gasteiger partial charge in [-0.25, -0.2) is 0 Å². The van der Waals surface area contributed by atoms with Crippen LogP contribution in [-0.4, -0.2) is 28.1 Å². The van der Waals surface area contributed by atoms with Crippen LogP contribution in [0.2, 0.25) is 15.1 Å². The Balaban J connectivity index is 1.46. The zero-order valence-electron chi connectivity index (χ0n) is 14.6. The maximum atomic E-state index is 10.8. The number of rotatable bonds is 3. The fraction of sp³-hybridized carbons (Fsp3) is 0.333. The van der Waals surface area contributed by atoms with E-state index in [1.54, 1.807) is 12.1 Å². The number of halogens is 3. The number of aliphatic hydroxyl groups is 1. The second-order valence-corrected chi connectivity index (χ2v) is 8.84. The fourth-order valence-corrected chi connectivity index (χ4v) is 4.96. The molecule has 5 rings (SSSR count). The predicted molar refractivity (Wildman–Crippen MR) is 111 cm³/mol. The third-order valence-corrected chi connectivity index (χ3v) is 6.99. The van der Waals surface area contributed by atoms with Crippen LogP contribution >= 0.6 is 34.8 Å². The van der Waals surface area contributed by atoms with Crippen LogP contribution in [0.3, 0.4) is 0 Å². The molecule has 2 aromatic carbocycles. The second-order valence-electron chi connectivity index (χ2n) is 7.59. The minimum Gasteiger partial charge on any atom is -0.387 e. The number of benzene rings is 2. The number of nitrogens with zero attached hydrogens (tertiary/aromatic N) is 1. The molecule has 0 radical (unpaired) electrons. The highest BCUT2D eigenvalue weighted by atomic mass is 35.5. The molecule has 3 aromatic rings. The third kappa shape index (κ3) is 2.88. The first-order valence-electron chi connectivity index (χ1n) is 9.16. The maximum Gasteiger partial charge on any atom is 0.0917 e. The van der Waals surface area contributed by atoms with Gasteiger partial charge in [-0.15, -0.1) is 0 Å².